The van der Waals surface area contributed by atoms with Crippen LogP contribution in [-0.4, -0.2) is 18.6 Å². The van der Waals surface area contributed by atoms with Gasteiger partial charge in [-0.05, 0) is 43.9 Å². The molecule has 1 aromatic heterocycles. The largest absolute Gasteiger partial charge is 0.444 e. The number of rotatable bonds is 4. The van der Waals surface area contributed by atoms with Crippen LogP contribution in [0.1, 0.15) is 34.9 Å². The van der Waals surface area contributed by atoms with Crippen LogP contribution < -0.4 is 10.2 Å². The highest BCUT2D eigenvalue weighted by Gasteiger charge is 2.13. The van der Waals surface area contributed by atoms with E-state index in [4.69, 9.17) is 4.42 Å². The second-order valence-corrected chi connectivity index (χ2v) is 5.84. The standard InChI is InChI=1S/C17H23N3O/c1-12-13(2)21-17(19-12)11-18-10-14-6-7-16-15(9-14)5-4-8-20(16)3/h6-7,9,18H,4-5,8,10-11H2,1-3H3. The summed E-state index contributed by atoms with van der Waals surface area (Å²) in [6.07, 6.45) is 2.43. The van der Waals surface area contributed by atoms with Crippen molar-refractivity contribution in [2.75, 3.05) is 18.5 Å². The van der Waals surface area contributed by atoms with Crippen LogP contribution in [0.25, 0.3) is 0 Å². The van der Waals surface area contributed by atoms with E-state index >= 15 is 0 Å². The predicted molar refractivity (Wildman–Crippen MR) is 84.6 cm³/mol. The van der Waals surface area contributed by atoms with Crippen molar-refractivity contribution in [3.63, 3.8) is 0 Å². The van der Waals surface area contributed by atoms with Gasteiger partial charge in [0.25, 0.3) is 0 Å². The van der Waals surface area contributed by atoms with E-state index < -0.39 is 0 Å². The van der Waals surface area contributed by atoms with E-state index in [2.05, 4.69) is 40.4 Å². The monoisotopic (exact) mass is 285 g/mol. The topological polar surface area (TPSA) is 41.3 Å². The van der Waals surface area contributed by atoms with Crippen LogP contribution in [0.15, 0.2) is 22.6 Å². The van der Waals surface area contributed by atoms with Crippen molar-refractivity contribution in [2.45, 2.75) is 39.8 Å². The van der Waals surface area contributed by atoms with Gasteiger partial charge < -0.3 is 14.6 Å². The SMILES string of the molecule is Cc1nc(CNCc2ccc3c(c2)CCCN3C)oc1C. The molecule has 2 heterocycles. The fourth-order valence-electron chi connectivity index (χ4n) is 2.88. The summed E-state index contributed by atoms with van der Waals surface area (Å²) in [6, 6.07) is 6.77. The van der Waals surface area contributed by atoms with Crippen LogP contribution in [-0.2, 0) is 19.5 Å². The van der Waals surface area contributed by atoms with Gasteiger partial charge in [0.1, 0.15) is 5.76 Å². The lowest BCUT2D eigenvalue weighted by Crippen LogP contribution is -2.24. The summed E-state index contributed by atoms with van der Waals surface area (Å²) in [7, 11) is 2.17. The minimum atomic E-state index is 0.672. The van der Waals surface area contributed by atoms with Gasteiger partial charge in [-0.3, -0.25) is 0 Å². The van der Waals surface area contributed by atoms with E-state index in [-0.39, 0.29) is 0 Å². The quantitative estimate of drug-likeness (QED) is 0.937. The van der Waals surface area contributed by atoms with Crippen LogP contribution in [0.2, 0.25) is 0 Å². The zero-order valence-electron chi connectivity index (χ0n) is 13.1. The van der Waals surface area contributed by atoms with Gasteiger partial charge in [0.05, 0.1) is 12.2 Å². The molecule has 0 amide bonds. The summed E-state index contributed by atoms with van der Waals surface area (Å²) < 4.78 is 5.58. The van der Waals surface area contributed by atoms with Crippen molar-refractivity contribution in [2.24, 2.45) is 0 Å². The first kappa shape index (κ1) is 14.1. The number of anilines is 1. The molecule has 0 unspecified atom stereocenters. The van der Waals surface area contributed by atoms with Crippen molar-refractivity contribution >= 4 is 5.69 Å². The molecule has 1 aliphatic heterocycles. The number of aromatic nitrogens is 1. The van der Waals surface area contributed by atoms with Crippen molar-refractivity contribution in [1.82, 2.24) is 10.3 Å². The third-order valence-corrected chi connectivity index (χ3v) is 4.17. The molecule has 0 bridgehead atoms. The highest BCUT2D eigenvalue weighted by Crippen LogP contribution is 2.26. The molecule has 0 fully saturated rings. The number of hydrogen-bond donors (Lipinski definition) is 1. The number of oxazole rings is 1. The summed E-state index contributed by atoms with van der Waals surface area (Å²) >= 11 is 0. The first-order valence-electron chi connectivity index (χ1n) is 7.60. The Kier molecular flexibility index (Phi) is 3.97. The van der Waals surface area contributed by atoms with Gasteiger partial charge in [0, 0.05) is 25.8 Å². The van der Waals surface area contributed by atoms with Gasteiger partial charge >= 0.3 is 0 Å². The lowest BCUT2D eigenvalue weighted by molar-refractivity contribution is 0.448. The highest BCUT2D eigenvalue weighted by molar-refractivity contribution is 5.56. The third kappa shape index (κ3) is 3.10. The number of nitrogens with one attached hydrogen (secondary N) is 1. The maximum Gasteiger partial charge on any atom is 0.208 e. The first-order valence-corrected chi connectivity index (χ1v) is 7.60. The van der Waals surface area contributed by atoms with Gasteiger partial charge in [0.2, 0.25) is 5.89 Å². The minimum absolute atomic E-state index is 0.672. The molecule has 4 nitrogen and oxygen atoms in total. The fourth-order valence-corrected chi connectivity index (χ4v) is 2.88. The Balaban J connectivity index is 1.60. The average Bonchev–Trinajstić information content (AvgIpc) is 2.78. The van der Waals surface area contributed by atoms with E-state index in [0.29, 0.717) is 6.54 Å². The van der Waals surface area contributed by atoms with Crippen LogP contribution in [0.3, 0.4) is 0 Å². The summed E-state index contributed by atoms with van der Waals surface area (Å²) in [6.45, 7) is 6.60. The Morgan fingerprint density at radius 1 is 1.29 bits per heavy atom. The smallest absolute Gasteiger partial charge is 0.208 e. The molecule has 1 aromatic carbocycles. The first-order chi connectivity index (χ1) is 10.1. The zero-order chi connectivity index (χ0) is 14.8. The Morgan fingerprint density at radius 3 is 2.90 bits per heavy atom. The van der Waals surface area contributed by atoms with E-state index in [1.165, 1.54) is 29.7 Å². The van der Waals surface area contributed by atoms with Gasteiger partial charge in [-0.2, -0.15) is 0 Å². The predicted octanol–water partition coefficient (Wildman–Crippen LogP) is 2.96. The molecule has 0 spiro atoms. The molecule has 0 aliphatic carbocycles. The van der Waals surface area contributed by atoms with Gasteiger partial charge in [-0.1, -0.05) is 12.1 Å². The molecule has 4 heteroatoms. The summed E-state index contributed by atoms with van der Waals surface area (Å²) in [4.78, 5) is 6.73. The van der Waals surface area contributed by atoms with Crippen molar-refractivity contribution in [3.8, 4) is 0 Å². The minimum Gasteiger partial charge on any atom is -0.444 e. The van der Waals surface area contributed by atoms with Crippen molar-refractivity contribution < 1.29 is 4.42 Å². The third-order valence-electron chi connectivity index (χ3n) is 4.17. The Hall–Kier alpha value is -1.81. The Morgan fingerprint density at radius 2 is 2.14 bits per heavy atom. The molecular weight excluding hydrogens is 262 g/mol. The second kappa shape index (κ2) is 5.90. The van der Waals surface area contributed by atoms with Gasteiger partial charge in [-0.25, -0.2) is 4.98 Å². The molecule has 0 atom stereocenters. The van der Waals surface area contributed by atoms with Crippen molar-refractivity contribution in [3.05, 3.63) is 46.7 Å². The summed E-state index contributed by atoms with van der Waals surface area (Å²) in [5.74, 6) is 1.67. The molecule has 3 rings (SSSR count). The van der Waals surface area contributed by atoms with E-state index in [9.17, 15) is 0 Å². The highest BCUT2D eigenvalue weighted by atomic mass is 16.4. The fraction of sp³-hybridized carbons (Fsp3) is 0.471. The molecule has 0 saturated carbocycles. The van der Waals surface area contributed by atoms with E-state index in [0.717, 1.165) is 30.4 Å². The Labute approximate surface area is 126 Å². The average molecular weight is 285 g/mol. The molecule has 21 heavy (non-hydrogen) atoms. The van der Waals surface area contributed by atoms with Crippen LogP contribution >= 0.6 is 0 Å². The van der Waals surface area contributed by atoms with E-state index in [1.54, 1.807) is 0 Å². The van der Waals surface area contributed by atoms with Crippen molar-refractivity contribution in [1.29, 1.82) is 0 Å². The lowest BCUT2D eigenvalue weighted by atomic mass is 9.99. The maximum absolute atomic E-state index is 5.58. The normalized spacial score (nSPS) is 14.3. The molecule has 0 radical (unpaired) electrons. The number of aryl methyl sites for hydroxylation is 3. The lowest BCUT2D eigenvalue weighted by Gasteiger charge is -2.27. The Bertz CT molecular complexity index is 613. The molecule has 1 N–H and O–H groups in total. The second-order valence-electron chi connectivity index (χ2n) is 5.84. The van der Waals surface area contributed by atoms with Gasteiger partial charge in [0.15, 0.2) is 0 Å². The van der Waals surface area contributed by atoms with Crippen LogP contribution in [0.5, 0.6) is 0 Å². The zero-order valence-corrected chi connectivity index (χ0v) is 13.1. The summed E-state index contributed by atoms with van der Waals surface area (Å²) in [5.41, 5.74) is 5.14. The van der Waals surface area contributed by atoms with Crippen LogP contribution in [0.4, 0.5) is 5.69 Å². The number of benzene rings is 1. The number of fused-ring (bicyclic) bond motifs is 1. The van der Waals surface area contributed by atoms with Gasteiger partial charge in [-0.15, -0.1) is 0 Å². The number of hydrogen-bond acceptors (Lipinski definition) is 4. The molecule has 1 aliphatic rings. The van der Waals surface area contributed by atoms with E-state index in [1.807, 2.05) is 13.8 Å². The number of nitrogens with zero attached hydrogens (tertiary/aromatic N) is 2. The molecule has 0 saturated heterocycles. The maximum atomic E-state index is 5.58. The molecule has 112 valence electrons. The van der Waals surface area contributed by atoms with Crippen LogP contribution in [0, 0.1) is 13.8 Å². The molecular formula is C17H23N3O. The molecule has 2 aromatic rings. The summed E-state index contributed by atoms with van der Waals surface area (Å²) in [5, 5.41) is 3.41.